The third-order valence-corrected chi connectivity index (χ3v) is 5.29. The van der Waals surface area contributed by atoms with Gasteiger partial charge in [-0.15, -0.1) is 11.3 Å². The van der Waals surface area contributed by atoms with E-state index in [9.17, 15) is 0 Å². The fourth-order valence-corrected chi connectivity index (χ4v) is 4.08. The van der Waals surface area contributed by atoms with Crippen LogP contribution >= 0.6 is 11.3 Å². The second-order valence-electron chi connectivity index (χ2n) is 5.90. The SMILES string of the molecule is CCC1CCCC(Nc2nc(NN)nc3sc(C)cc23)C1. The Kier molecular flexibility index (Phi) is 4.26. The van der Waals surface area contributed by atoms with E-state index in [0.717, 1.165) is 22.0 Å². The topological polar surface area (TPSA) is 75.9 Å². The lowest BCUT2D eigenvalue weighted by molar-refractivity contribution is 0.327. The fraction of sp³-hybridized carbons (Fsp3) is 0.600. The molecular formula is C15H23N5S. The lowest BCUT2D eigenvalue weighted by atomic mass is 9.84. The Morgan fingerprint density at radius 3 is 3.00 bits per heavy atom. The molecule has 1 aliphatic rings. The summed E-state index contributed by atoms with van der Waals surface area (Å²) in [7, 11) is 0. The molecule has 0 saturated heterocycles. The maximum Gasteiger partial charge on any atom is 0.240 e. The summed E-state index contributed by atoms with van der Waals surface area (Å²) in [6.45, 7) is 4.38. The fourth-order valence-electron chi connectivity index (χ4n) is 3.20. The number of nitrogen functional groups attached to an aromatic ring is 1. The van der Waals surface area contributed by atoms with Crippen molar-refractivity contribution in [3.63, 3.8) is 0 Å². The van der Waals surface area contributed by atoms with E-state index in [1.807, 2.05) is 0 Å². The van der Waals surface area contributed by atoms with Gasteiger partial charge in [0.15, 0.2) is 0 Å². The first-order chi connectivity index (χ1) is 10.2. The minimum absolute atomic E-state index is 0.481. The van der Waals surface area contributed by atoms with E-state index in [4.69, 9.17) is 5.84 Å². The van der Waals surface area contributed by atoms with E-state index < -0.39 is 0 Å². The number of hydrazine groups is 1. The lowest BCUT2D eigenvalue weighted by Crippen LogP contribution is -2.27. The lowest BCUT2D eigenvalue weighted by Gasteiger charge is -2.29. The number of nitrogens with one attached hydrogen (secondary N) is 2. The summed E-state index contributed by atoms with van der Waals surface area (Å²) in [5.74, 6) is 7.73. The maximum absolute atomic E-state index is 5.50. The molecule has 2 aromatic rings. The van der Waals surface area contributed by atoms with Gasteiger partial charge in [0.2, 0.25) is 5.95 Å². The summed E-state index contributed by atoms with van der Waals surface area (Å²) in [4.78, 5) is 11.2. The van der Waals surface area contributed by atoms with Crippen LogP contribution < -0.4 is 16.6 Å². The van der Waals surface area contributed by atoms with Crippen LogP contribution in [0.5, 0.6) is 0 Å². The molecule has 2 unspecified atom stereocenters. The van der Waals surface area contributed by atoms with Gasteiger partial charge >= 0.3 is 0 Å². The molecule has 114 valence electrons. The van der Waals surface area contributed by atoms with Crippen molar-refractivity contribution in [2.45, 2.75) is 52.0 Å². The number of thiophene rings is 1. The molecular weight excluding hydrogens is 282 g/mol. The molecule has 21 heavy (non-hydrogen) atoms. The second-order valence-corrected chi connectivity index (χ2v) is 7.13. The zero-order valence-corrected chi connectivity index (χ0v) is 13.5. The van der Waals surface area contributed by atoms with E-state index >= 15 is 0 Å². The van der Waals surface area contributed by atoms with Crippen LogP contribution in [0.1, 0.15) is 43.9 Å². The van der Waals surface area contributed by atoms with Gasteiger partial charge in [0.25, 0.3) is 0 Å². The second kappa shape index (κ2) is 6.15. The maximum atomic E-state index is 5.50. The predicted octanol–water partition coefficient (Wildman–Crippen LogP) is 3.67. The Labute approximate surface area is 129 Å². The minimum atomic E-state index is 0.481. The molecule has 0 amide bonds. The van der Waals surface area contributed by atoms with Gasteiger partial charge in [-0.1, -0.05) is 26.2 Å². The van der Waals surface area contributed by atoms with Crippen molar-refractivity contribution in [2.75, 3.05) is 10.7 Å². The highest BCUT2D eigenvalue weighted by Gasteiger charge is 2.22. The Morgan fingerprint density at radius 1 is 1.38 bits per heavy atom. The summed E-state index contributed by atoms with van der Waals surface area (Å²) < 4.78 is 0. The number of anilines is 2. The molecule has 4 N–H and O–H groups in total. The predicted molar refractivity (Wildman–Crippen MR) is 89.6 cm³/mol. The molecule has 0 aromatic carbocycles. The Hall–Kier alpha value is -1.40. The van der Waals surface area contributed by atoms with Crippen molar-refractivity contribution in [1.82, 2.24) is 9.97 Å². The number of fused-ring (bicyclic) bond motifs is 1. The molecule has 1 fully saturated rings. The highest BCUT2D eigenvalue weighted by molar-refractivity contribution is 7.18. The highest BCUT2D eigenvalue weighted by Crippen LogP contribution is 2.33. The third kappa shape index (κ3) is 3.11. The summed E-state index contributed by atoms with van der Waals surface area (Å²) >= 11 is 1.68. The van der Waals surface area contributed by atoms with Crippen LogP contribution in [-0.2, 0) is 0 Å². The first-order valence-corrected chi connectivity index (χ1v) is 8.52. The zero-order valence-electron chi connectivity index (χ0n) is 12.6. The molecule has 6 heteroatoms. The molecule has 0 radical (unpaired) electrons. The van der Waals surface area contributed by atoms with Gasteiger partial charge in [-0.2, -0.15) is 4.98 Å². The number of rotatable bonds is 4. The van der Waals surface area contributed by atoms with Crippen molar-refractivity contribution in [1.29, 1.82) is 0 Å². The smallest absolute Gasteiger partial charge is 0.240 e. The molecule has 3 rings (SSSR count). The monoisotopic (exact) mass is 305 g/mol. The molecule has 2 aromatic heterocycles. The van der Waals surface area contributed by atoms with Gasteiger partial charge in [-0.25, -0.2) is 10.8 Å². The van der Waals surface area contributed by atoms with Gasteiger partial charge in [0, 0.05) is 10.9 Å². The standard InChI is InChI=1S/C15H23N5S/c1-3-10-5-4-6-11(8-10)17-13-12-7-9(2)21-14(12)19-15(18-13)20-16/h7,10-11H,3-6,8,16H2,1-2H3,(H2,17,18,19,20). The van der Waals surface area contributed by atoms with Crippen molar-refractivity contribution in [3.8, 4) is 0 Å². The van der Waals surface area contributed by atoms with Gasteiger partial charge in [-0.3, -0.25) is 5.43 Å². The Bertz CT molecular complexity index is 624. The van der Waals surface area contributed by atoms with Gasteiger partial charge in [0.05, 0.1) is 5.39 Å². The molecule has 2 atom stereocenters. The first kappa shape index (κ1) is 14.5. The van der Waals surface area contributed by atoms with Crippen molar-refractivity contribution < 1.29 is 0 Å². The number of hydrogen-bond acceptors (Lipinski definition) is 6. The molecule has 1 aliphatic carbocycles. The van der Waals surface area contributed by atoms with Gasteiger partial charge in [0.1, 0.15) is 10.6 Å². The van der Waals surface area contributed by atoms with Crippen LogP contribution in [0.25, 0.3) is 10.2 Å². The normalized spacial score (nSPS) is 22.4. The van der Waals surface area contributed by atoms with Crippen LogP contribution in [-0.4, -0.2) is 16.0 Å². The van der Waals surface area contributed by atoms with Crippen molar-refractivity contribution in [2.24, 2.45) is 11.8 Å². The average Bonchev–Trinajstić information content (AvgIpc) is 2.88. The summed E-state index contributed by atoms with van der Waals surface area (Å²) in [6, 6.07) is 2.66. The van der Waals surface area contributed by atoms with E-state index in [1.54, 1.807) is 11.3 Å². The largest absolute Gasteiger partial charge is 0.367 e. The van der Waals surface area contributed by atoms with Crippen LogP contribution in [0.2, 0.25) is 0 Å². The molecule has 5 nitrogen and oxygen atoms in total. The van der Waals surface area contributed by atoms with E-state index in [0.29, 0.717) is 12.0 Å². The number of nitrogens with zero attached hydrogens (tertiary/aromatic N) is 2. The minimum Gasteiger partial charge on any atom is -0.367 e. The zero-order chi connectivity index (χ0) is 14.8. The number of nitrogens with two attached hydrogens (primary N) is 1. The highest BCUT2D eigenvalue weighted by atomic mass is 32.1. The quantitative estimate of drug-likeness (QED) is 0.593. The van der Waals surface area contributed by atoms with Crippen LogP contribution in [0.3, 0.4) is 0 Å². The van der Waals surface area contributed by atoms with E-state index in [2.05, 4.69) is 40.6 Å². The van der Waals surface area contributed by atoms with E-state index in [-0.39, 0.29) is 0 Å². The van der Waals surface area contributed by atoms with Crippen LogP contribution in [0.4, 0.5) is 11.8 Å². The van der Waals surface area contributed by atoms with E-state index in [1.165, 1.54) is 37.0 Å². The molecule has 1 saturated carbocycles. The Balaban J connectivity index is 1.88. The summed E-state index contributed by atoms with van der Waals surface area (Å²) in [5.41, 5.74) is 2.57. The summed E-state index contributed by atoms with van der Waals surface area (Å²) in [6.07, 6.45) is 6.38. The molecule has 2 heterocycles. The van der Waals surface area contributed by atoms with Crippen molar-refractivity contribution in [3.05, 3.63) is 10.9 Å². The van der Waals surface area contributed by atoms with Gasteiger partial charge < -0.3 is 5.32 Å². The van der Waals surface area contributed by atoms with Gasteiger partial charge in [-0.05, 0) is 31.7 Å². The third-order valence-electron chi connectivity index (χ3n) is 4.35. The Morgan fingerprint density at radius 2 is 2.24 bits per heavy atom. The number of hydrogen-bond donors (Lipinski definition) is 3. The van der Waals surface area contributed by atoms with Crippen LogP contribution in [0, 0.1) is 12.8 Å². The van der Waals surface area contributed by atoms with Crippen LogP contribution in [0.15, 0.2) is 6.07 Å². The summed E-state index contributed by atoms with van der Waals surface area (Å²) in [5, 5.41) is 4.74. The first-order valence-electron chi connectivity index (χ1n) is 7.71. The molecule has 0 spiro atoms. The molecule has 0 aliphatic heterocycles. The number of aryl methyl sites for hydroxylation is 1. The van der Waals surface area contributed by atoms with Crippen molar-refractivity contribution >= 4 is 33.3 Å². The molecule has 0 bridgehead atoms. The average molecular weight is 305 g/mol. The number of aromatic nitrogens is 2.